The van der Waals surface area contributed by atoms with Gasteiger partial charge in [0.2, 0.25) is 0 Å². The second kappa shape index (κ2) is 4.21. The zero-order chi connectivity index (χ0) is 13.6. The number of allylic oxidation sites excluding steroid dienone is 2. The fraction of sp³-hybridized carbons (Fsp3) is 0.824. The molecular weight excluding hydrogens is 220 g/mol. The summed E-state index contributed by atoms with van der Waals surface area (Å²) in [6.45, 7) is 11.9. The molecule has 0 radical (unpaired) electrons. The average Bonchev–Trinajstić information content (AvgIpc) is 2.25. The Labute approximate surface area is 112 Å². The van der Waals surface area contributed by atoms with E-state index in [4.69, 9.17) is 0 Å². The standard InChI is InChI=1S/C17H28O/c1-13-7-8-14-15(2,3)9-6-10-17(14,5)16(13,4)11-12-18/h8,12-13H,6-7,9-11H2,1-5H3/t13-,16-,17-/m1/s1. The number of hydrogen-bond acceptors (Lipinski definition) is 1. The maximum absolute atomic E-state index is 11.2. The predicted molar refractivity (Wildman–Crippen MR) is 76.4 cm³/mol. The highest BCUT2D eigenvalue weighted by atomic mass is 16.1. The number of carbonyl (C=O) groups excluding carboxylic acids is 1. The van der Waals surface area contributed by atoms with Gasteiger partial charge in [-0.15, -0.1) is 0 Å². The summed E-state index contributed by atoms with van der Waals surface area (Å²) in [7, 11) is 0. The van der Waals surface area contributed by atoms with E-state index in [1.807, 2.05) is 0 Å². The summed E-state index contributed by atoms with van der Waals surface area (Å²) in [4.78, 5) is 11.2. The van der Waals surface area contributed by atoms with Gasteiger partial charge in [0.1, 0.15) is 6.29 Å². The highest BCUT2D eigenvalue weighted by Crippen LogP contribution is 2.64. The molecule has 1 heteroatoms. The molecule has 0 bridgehead atoms. The summed E-state index contributed by atoms with van der Waals surface area (Å²) in [5.41, 5.74) is 2.30. The van der Waals surface area contributed by atoms with Crippen LogP contribution < -0.4 is 0 Å². The van der Waals surface area contributed by atoms with E-state index >= 15 is 0 Å². The van der Waals surface area contributed by atoms with Crippen molar-refractivity contribution in [2.75, 3.05) is 0 Å². The summed E-state index contributed by atoms with van der Waals surface area (Å²) < 4.78 is 0. The van der Waals surface area contributed by atoms with Gasteiger partial charge in [0.25, 0.3) is 0 Å². The fourth-order valence-electron chi connectivity index (χ4n) is 4.69. The minimum atomic E-state index is 0.135. The maximum Gasteiger partial charge on any atom is 0.120 e. The van der Waals surface area contributed by atoms with Gasteiger partial charge in [0.15, 0.2) is 0 Å². The fourth-order valence-corrected chi connectivity index (χ4v) is 4.69. The molecule has 3 atom stereocenters. The Balaban J connectivity index is 2.52. The van der Waals surface area contributed by atoms with Crippen LogP contribution in [0.15, 0.2) is 11.6 Å². The normalized spacial score (nSPS) is 42.9. The lowest BCUT2D eigenvalue weighted by Crippen LogP contribution is -2.51. The smallest absolute Gasteiger partial charge is 0.120 e. The summed E-state index contributed by atoms with van der Waals surface area (Å²) in [5.74, 6) is 0.602. The molecule has 1 nitrogen and oxygen atoms in total. The third-order valence-corrected chi connectivity index (χ3v) is 6.33. The topological polar surface area (TPSA) is 17.1 Å². The van der Waals surface area contributed by atoms with Crippen molar-refractivity contribution in [2.24, 2.45) is 22.2 Å². The molecule has 0 saturated heterocycles. The maximum atomic E-state index is 11.2. The zero-order valence-corrected chi connectivity index (χ0v) is 12.7. The molecule has 0 aliphatic heterocycles. The van der Waals surface area contributed by atoms with Gasteiger partial charge in [-0.3, -0.25) is 0 Å². The molecule has 102 valence electrons. The molecule has 1 saturated carbocycles. The Morgan fingerprint density at radius 3 is 2.56 bits per heavy atom. The highest BCUT2D eigenvalue weighted by molar-refractivity contribution is 5.52. The first-order chi connectivity index (χ1) is 8.28. The lowest BCUT2D eigenvalue weighted by molar-refractivity contribution is -0.114. The minimum absolute atomic E-state index is 0.135. The van der Waals surface area contributed by atoms with Gasteiger partial charge in [0, 0.05) is 6.42 Å². The zero-order valence-electron chi connectivity index (χ0n) is 12.7. The first kappa shape index (κ1) is 13.8. The molecule has 0 aromatic carbocycles. The summed E-state index contributed by atoms with van der Waals surface area (Å²) in [5, 5.41) is 0. The van der Waals surface area contributed by atoms with Gasteiger partial charge >= 0.3 is 0 Å². The van der Waals surface area contributed by atoms with Crippen molar-refractivity contribution in [3.63, 3.8) is 0 Å². The molecule has 0 amide bonds. The minimum Gasteiger partial charge on any atom is -0.303 e. The van der Waals surface area contributed by atoms with Gasteiger partial charge in [-0.05, 0) is 41.4 Å². The van der Waals surface area contributed by atoms with Crippen molar-refractivity contribution >= 4 is 6.29 Å². The SMILES string of the molecule is C[C@@H]1CC=C2C(C)(C)CCC[C@@]2(C)[C@]1(C)CC=O. The van der Waals surface area contributed by atoms with Crippen LogP contribution in [-0.4, -0.2) is 6.29 Å². The van der Waals surface area contributed by atoms with Crippen LogP contribution in [0.4, 0.5) is 0 Å². The molecule has 0 N–H and O–H groups in total. The molecule has 2 rings (SSSR count). The Bertz CT molecular complexity index is 379. The van der Waals surface area contributed by atoms with Crippen molar-refractivity contribution in [1.82, 2.24) is 0 Å². The molecule has 0 spiro atoms. The van der Waals surface area contributed by atoms with E-state index < -0.39 is 0 Å². The van der Waals surface area contributed by atoms with Crippen LogP contribution in [0, 0.1) is 22.2 Å². The van der Waals surface area contributed by atoms with E-state index in [9.17, 15) is 4.79 Å². The van der Waals surface area contributed by atoms with Gasteiger partial charge in [-0.2, -0.15) is 0 Å². The number of carbonyl (C=O) groups is 1. The average molecular weight is 248 g/mol. The Kier molecular flexibility index (Phi) is 3.24. The molecule has 1 fully saturated rings. The first-order valence-electron chi connectivity index (χ1n) is 7.43. The van der Waals surface area contributed by atoms with E-state index in [0.717, 1.165) is 12.7 Å². The van der Waals surface area contributed by atoms with Crippen molar-refractivity contribution in [1.29, 1.82) is 0 Å². The van der Waals surface area contributed by atoms with Gasteiger partial charge in [-0.25, -0.2) is 0 Å². The Morgan fingerprint density at radius 1 is 1.28 bits per heavy atom. The van der Waals surface area contributed by atoms with Crippen LogP contribution >= 0.6 is 0 Å². The number of fused-ring (bicyclic) bond motifs is 1. The van der Waals surface area contributed by atoms with Crippen LogP contribution in [0.25, 0.3) is 0 Å². The van der Waals surface area contributed by atoms with Gasteiger partial charge in [-0.1, -0.05) is 52.7 Å². The molecule has 2 aliphatic rings. The Hall–Kier alpha value is -0.590. The summed E-state index contributed by atoms with van der Waals surface area (Å²) in [6, 6.07) is 0. The van der Waals surface area contributed by atoms with Crippen LogP contribution in [0.5, 0.6) is 0 Å². The first-order valence-corrected chi connectivity index (χ1v) is 7.43. The molecule has 0 aromatic heterocycles. The quantitative estimate of drug-likeness (QED) is 0.508. The van der Waals surface area contributed by atoms with E-state index in [1.165, 1.54) is 19.3 Å². The van der Waals surface area contributed by atoms with E-state index in [0.29, 0.717) is 17.8 Å². The molecule has 2 aliphatic carbocycles. The van der Waals surface area contributed by atoms with Crippen molar-refractivity contribution in [3.05, 3.63) is 11.6 Å². The highest BCUT2D eigenvalue weighted by Gasteiger charge is 2.55. The van der Waals surface area contributed by atoms with Crippen LogP contribution in [0.3, 0.4) is 0 Å². The van der Waals surface area contributed by atoms with Gasteiger partial charge < -0.3 is 4.79 Å². The molecule has 0 unspecified atom stereocenters. The second-order valence-electron chi connectivity index (χ2n) is 7.61. The largest absolute Gasteiger partial charge is 0.303 e. The second-order valence-corrected chi connectivity index (χ2v) is 7.61. The van der Waals surface area contributed by atoms with Gasteiger partial charge in [0.05, 0.1) is 0 Å². The lowest BCUT2D eigenvalue weighted by atomic mass is 9.45. The Morgan fingerprint density at radius 2 is 1.94 bits per heavy atom. The van der Waals surface area contributed by atoms with Crippen molar-refractivity contribution in [2.45, 2.75) is 66.7 Å². The number of hydrogen-bond donors (Lipinski definition) is 0. The number of rotatable bonds is 2. The van der Waals surface area contributed by atoms with Crippen LogP contribution in [0.1, 0.15) is 66.7 Å². The summed E-state index contributed by atoms with van der Waals surface area (Å²) in [6.07, 6.45) is 9.32. The molecule has 18 heavy (non-hydrogen) atoms. The predicted octanol–water partition coefficient (Wildman–Crippen LogP) is 4.76. The lowest BCUT2D eigenvalue weighted by Gasteiger charge is -2.59. The third-order valence-electron chi connectivity index (χ3n) is 6.33. The van der Waals surface area contributed by atoms with Crippen LogP contribution in [-0.2, 0) is 4.79 Å². The van der Waals surface area contributed by atoms with E-state index in [2.05, 4.69) is 40.7 Å². The van der Waals surface area contributed by atoms with Crippen molar-refractivity contribution in [3.8, 4) is 0 Å². The summed E-state index contributed by atoms with van der Waals surface area (Å²) >= 11 is 0. The third kappa shape index (κ3) is 1.70. The van der Waals surface area contributed by atoms with E-state index in [-0.39, 0.29) is 10.8 Å². The number of aldehydes is 1. The van der Waals surface area contributed by atoms with E-state index in [1.54, 1.807) is 5.57 Å². The molecule has 0 aromatic rings. The molecule has 0 heterocycles. The molecular formula is C17H28O. The monoisotopic (exact) mass is 248 g/mol. The van der Waals surface area contributed by atoms with Crippen molar-refractivity contribution < 1.29 is 4.79 Å². The van der Waals surface area contributed by atoms with Crippen LogP contribution in [0.2, 0.25) is 0 Å².